The lowest BCUT2D eigenvalue weighted by atomic mass is 9.77. The van der Waals surface area contributed by atoms with E-state index in [9.17, 15) is 9.90 Å². The molecule has 0 radical (unpaired) electrons. The lowest BCUT2D eigenvalue weighted by Gasteiger charge is -2.40. The number of hydrogen-bond donors (Lipinski definition) is 2. The fourth-order valence-electron chi connectivity index (χ4n) is 6.05. The molecule has 3 fully saturated rings. The molecule has 29 heavy (non-hydrogen) atoms. The number of carbonyl (C=O) groups is 1. The van der Waals surface area contributed by atoms with Crippen molar-refractivity contribution in [3.8, 4) is 0 Å². The van der Waals surface area contributed by atoms with Crippen molar-refractivity contribution in [3.63, 3.8) is 0 Å². The third-order valence-electron chi connectivity index (χ3n) is 7.69. The van der Waals surface area contributed by atoms with Crippen LogP contribution in [0.15, 0.2) is 6.07 Å². The predicted molar refractivity (Wildman–Crippen MR) is 113 cm³/mol. The Kier molecular flexibility index (Phi) is 5.23. The topological polar surface area (TPSA) is 65.0 Å². The standard InChI is InChI=1S/C22H33N3O3S/c1-24(2)17-9-14-12-25(13-15(14)10-18(17)26)21(27)20-11-16-19(29-20)3-8-28-22(16)4-6-23-7-5-22/h11,14-15,17-18,23,26H,3-10,12-13H2,1-2H3/t14-,15+,17-,18-/m1/s1. The van der Waals surface area contributed by atoms with Crippen LogP contribution in [0.1, 0.15) is 45.8 Å². The summed E-state index contributed by atoms with van der Waals surface area (Å²) in [5.41, 5.74) is 1.09. The van der Waals surface area contributed by atoms with Gasteiger partial charge in [-0.15, -0.1) is 11.3 Å². The molecule has 1 spiro atoms. The zero-order chi connectivity index (χ0) is 20.2. The fraction of sp³-hybridized carbons (Fsp3) is 0.773. The van der Waals surface area contributed by atoms with E-state index in [1.54, 1.807) is 11.3 Å². The number of likely N-dealkylation sites (tertiary alicyclic amines) is 1. The third kappa shape index (κ3) is 3.45. The van der Waals surface area contributed by atoms with Crippen molar-refractivity contribution >= 4 is 17.2 Å². The normalized spacial score (nSPS) is 33.7. The molecule has 1 aromatic heterocycles. The zero-order valence-corrected chi connectivity index (χ0v) is 18.3. The van der Waals surface area contributed by atoms with Gasteiger partial charge in [0, 0.05) is 30.4 Å². The first-order chi connectivity index (χ1) is 14.0. The Hall–Kier alpha value is -0.990. The van der Waals surface area contributed by atoms with Crippen molar-refractivity contribution in [1.29, 1.82) is 0 Å². The van der Waals surface area contributed by atoms with Crippen LogP contribution in [0.3, 0.4) is 0 Å². The molecule has 0 aromatic carbocycles. The van der Waals surface area contributed by atoms with Crippen LogP contribution in [-0.4, -0.2) is 79.8 Å². The van der Waals surface area contributed by atoms with E-state index in [0.717, 1.165) is 69.8 Å². The van der Waals surface area contributed by atoms with Crippen molar-refractivity contribution in [3.05, 3.63) is 21.4 Å². The van der Waals surface area contributed by atoms with Gasteiger partial charge in [-0.25, -0.2) is 0 Å². The summed E-state index contributed by atoms with van der Waals surface area (Å²) in [6.45, 7) is 4.33. The minimum Gasteiger partial charge on any atom is -0.391 e. The molecule has 4 heterocycles. The smallest absolute Gasteiger partial charge is 0.263 e. The molecule has 4 aliphatic rings. The van der Waals surface area contributed by atoms with E-state index >= 15 is 0 Å². The average Bonchev–Trinajstić information content (AvgIpc) is 3.32. The number of rotatable bonds is 2. The van der Waals surface area contributed by atoms with Gasteiger partial charge in [-0.3, -0.25) is 4.79 Å². The number of amides is 1. The first-order valence-electron chi connectivity index (χ1n) is 11.1. The number of carbonyl (C=O) groups excluding carboxylic acids is 1. The van der Waals surface area contributed by atoms with Crippen LogP contribution >= 0.6 is 11.3 Å². The molecule has 0 bridgehead atoms. The van der Waals surface area contributed by atoms with Gasteiger partial charge in [0.2, 0.25) is 0 Å². The Balaban J connectivity index is 1.34. The van der Waals surface area contributed by atoms with Gasteiger partial charge in [0.05, 0.1) is 23.2 Å². The number of piperidine rings is 1. The molecular formula is C22H33N3O3S. The van der Waals surface area contributed by atoms with Gasteiger partial charge in [-0.05, 0) is 76.3 Å². The first-order valence-corrected chi connectivity index (χ1v) is 11.9. The minimum absolute atomic E-state index is 0.179. The molecular weight excluding hydrogens is 386 g/mol. The molecule has 7 heteroatoms. The van der Waals surface area contributed by atoms with Crippen molar-refractivity contribution in [2.75, 3.05) is 46.9 Å². The summed E-state index contributed by atoms with van der Waals surface area (Å²) in [5.74, 6) is 1.11. The van der Waals surface area contributed by atoms with E-state index in [0.29, 0.717) is 11.8 Å². The van der Waals surface area contributed by atoms with Crippen molar-refractivity contribution in [2.45, 2.75) is 49.9 Å². The fourth-order valence-corrected chi connectivity index (χ4v) is 7.25. The molecule has 1 saturated carbocycles. The molecule has 1 aliphatic carbocycles. The number of hydrogen-bond acceptors (Lipinski definition) is 6. The highest BCUT2D eigenvalue weighted by Gasteiger charge is 2.45. The van der Waals surface area contributed by atoms with Gasteiger partial charge >= 0.3 is 0 Å². The lowest BCUT2D eigenvalue weighted by molar-refractivity contribution is -0.0792. The van der Waals surface area contributed by atoms with Crippen LogP contribution in [0.4, 0.5) is 0 Å². The molecule has 4 atom stereocenters. The van der Waals surface area contributed by atoms with Crippen LogP contribution in [0.25, 0.3) is 0 Å². The number of likely N-dealkylation sites (N-methyl/N-ethyl adjacent to an activating group) is 1. The summed E-state index contributed by atoms with van der Waals surface area (Å²) >= 11 is 1.69. The molecule has 5 rings (SSSR count). The third-order valence-corrected chi connectivity index (χ3v) is 8.87. The SMILES string of the molecule is CN(C)[C@@H]1C[C@@H]2CN(C(=O)c3cc4c(s3)CCOC43CCNCC3)C[C@@H]2C[C@H]1O. The number of nitrogens with zero attached hydrogens (tertiary/aromatic N) is 2. The maximum atomic E-state index is 13.4. The average molecular weight is 420 g/mol. The number of aliphatic hydroxyl groups is 1. The van der Waals surface area contributed by atoms with Gasteiger partial charge in [-0.2, -0.15) is 0 Å². The van der Waals surface area contributed by atoms with Gasteiger partial charge in [0.25, 0.3) is 5.91 Å². The molecule has 2 N–H and O–H groups in total. The van der Waals surface area contributed by atoms with E-state index in [1.165, 1.54) is 10.4 Å². The van der Waals surface area contributed by atoms with E-state index < -0.39 is 0 Å². The van der Waals surface area contributed by atoms with Gasteiger partial charge < -0.3 is 25.0 Å². The summed E-state index contributed by atoms with van der Waals surface area (Å²) in [6, 6.07) is 2.35. The van der Waals surface area contributed by atoms with Crippen molar-refractivity contribution in [2.24, 2.45) is 11.8 Å². The summed E-state index contributed by atoms with van der Waals surface area (Å²) in [4.78, 5) is 19.8. The number of aliphatic hydroxyl groups excluding tert-OH is 1. The number of nitrogens with one attached hydrogen (secondary N) is 1. The van der Waals surface area contributed by atoms with Gasteiger partial charge in [-0.1, -0.05) is 0 Å². The largest absolute Gasteiger partial charge is 0.391 e. The monoisotopic (exact) mass is 419 g/mol. The summed E-state index contributed by atoms with van der Waals surface area (Å²) in [7, 11) is 4.09. The number of fused-ring (bicyclic) bond motifs is 3. The molecule has 6 nitrogen and oxygen atoms in total. The Bertz CT molecular complexity index is 773. The molecule has 3 aliphatic heterocycles. The highest BCUT2D eigenvalue weighted by Crippen LogP contribution is 2.44. The Morgan fingerprint density at radius 1 is 1.28 bits per heavy atom. The molecule has 2 saturated heterocycles. The predicted octanol–water partition coefficient (Wildman–Crippen LogP) is 1.67. The van der Waals surface area contributed by atoms with E-state index in [4.69, 9.17) is 4.74 Å². The summed E-state index contributed by atoms with van der Waals surface area (Å²) in [6.07, 6.45) is 4.40. The Labute approximate surface area is 177 Å². The summed E-state index contributed by atoms with van der Waals surface area (Å²) < 4.78 is 6.28. The van der Waals surface area contributed by atoms with Crippen LogP contribution in [0.2, 0.25) is 0 Å². The second-order valence-corrected chi connectivity index (χ2v) is 10.7. The maximum absolute atomic E-state index is 13.4. The molecule has 160 valence electrons. The maximum Gasteiger partial charge on any atom is 0.263 e. The molecule has 1 amide bonds. The van der Waals surface area contributed by atoms with Crippen LogP contribution in [0, 0.1) is 11.8 Å². The van der Waals surface area contributed by atoms with Crippen LogP contribution in [-0.2, 0) is 16.8 Å². The number of ether oxygens (including phenoxy) is 1. The minimum atomic E-state index is -0.285. The Morgan fingerprint density at radius 3 is 2.72 bits per heavy atom. The molecule has 0 unspecified atom stereocenters. The van der Waals surface area contributed by atoms with E-state index in [-0.39, 0.29) is 23.7 Å². The van der Waals surface area contributed by atoms with Crippen LogP contribution in [0.5, 0.6) is 0 Å². The second-order valence-electron chi connectivity index (χ2n) is 9.59. The highest BCUT2D eigenvalue weighted by atomic mass is 32.1. The highest BCUT2D eigenvalue weighted by molar-refractivity contribution is 7.14. The quantitative estimate of drug-likeness (QED) is 0.764. The molecule has 1 aromatic rings. The first kappa shape index (κ1) is 19.9. The summed E-state index contributed by atoms with van der Waals surface area (Å²) in [5, 5.41) is 13.9. The van der Waals surface area contributed by atoms with Crippen molar-refractivity contribution < 1.29 is 14.6 Å². The van der Waals surface area contributed by atoms with Gasteiger partial charge in [0.15, 0.2) is 0 Å². The lowest BCUT2D eigenvalue weighted by Crippen LogP contribution is -2.46. The van der Waals surface area contributed by atoms with E-state index in [1.807, 2.05) is 19.0 Å². The zero-order valence-electron chi connectivity index (χ0n) is 17.5. The van der Waals surface area contributed by atoms with Gasteiger partial charge in [0.1, 0.15) is 0 Å². The second kappa shape index (κ2) is 7.61. The Morgan fingerprint density at radius 2 is 2.00 bits per heavy atom. The van der Waals surface area contributed by atoms with Crippen LogP contribution < -0.4 is 5.32 Å². The van der Waals surface area contributed by atoms with E-state index in [2.05, 4.69) is 16.3 Å². The number of thiophene rings is 1. The van der Waals surface area contributed by atoms with Crippen molar-refractivity contribution in [1.82, 2.24) is 15.1 Å².